The molecule has 0 saturated heterocycles. The van der Waals surface area contributed by atoms with E-state index in [4.69, 9.17) is 9.47 Å². The maximum atomic E-state index is 12.0. The highest BCUT2D eigenvalue weighted by molar-refractivity contribution is 5.72. The number of rotatable bonds is 19. The second-order valence-corrected chi connectivity index (χ2v) is 9.68. The lowest BCUT2D eigenvalue weighted by Crippen LogP contribution is -2.08. The Morgan fingerprint density at radius 1 is 0.800 bits per heavy atom. The van der Waals surface area contributed by atoms with Gasteiger partial charge < -0.3 is 9.47 Å². The number of carbonyl (C=O) groups excluding carboxylic acids is 1. The molecule has 5 nitrogen and oxygen atoms in total. The Morgan fingerprint density at radius 3 is 2.06 bits per heavy atom. The Labute approximate surface area is 213 Å². The van der Waals surface area contributed by atoms with Crippen molar-refractivity contribution in [2.75, 3.05) is 6.61 Å². The number of ether oxygens (including phenoxy) is 2. The van der Waals surface area contributed by atoms with Gasteiger partial charge in [-0.3, -0.25) is 4.79 Å². The van der Waals surface area contributed by atoms with Crippen LogP contribution in [0, 0.1) is 5.92 Å². The van der Waals surface area contributed by atoms with Crippen LogP contribution in [-0.2, 0) is 4.79 Å². The van der Waals surface area contributed by atoms with Crippen LogP contribution in [0.25, 0.3) is 11.4 Å². The summed E-state index contributed by atoms with van der Waals surface area (Å²) in [6.45, 7) is 7.46. The number of aromatic nitrogens is 2. The summed E-state index contributed by atoms with van der Waals surface area (Å²) >= 11 is 0. The Hall–Kier alpha value is -2.43. The first kappa shape index (κ1) is 28.8. The lowest BCUT2D eigenvalue weighted by Gasteiger charge is -2.08. The third-order valence-corrected chi connectivity index (χ3v) is 6.51. The van der Waals surface area contributed by atoms with Crippen molar-refractivity contribution in [1.82, 2.24) is 9.97 Å². The second kappa shape index (κ2) is 17.9. The number of hydrogen-bond acceptors (Lipinski definition) is 5. The molecule has 2 rings (SSSR count). The molecule has 35 heavy (non-hydrogen) atoms. The molecule has 0 saturated carbocycles. The lowest BCUT2D eigenvalue weighted by atomic mass is 10.0. The van der Waals surface area contributed by atoms with Crippen LogP contribution in [0.1, 0.15) is 111 Å². The average Bonchev–Trinajstić information content (AvgIpc) is 2.88. The summed E-state index contributed by atoms with van der Waals surface area (Å²) in [4.78, 5) is 20.8. The SMILES string of the molecule is CCCCCCCCCCCOc1ccc(-c2ncc(OC(=O)CCCCC(C)CC)cn2)cc1. The number of carbonyl (C=O) groups is 1. The topological polar surface area (TPSA) is 61.3 Å². The molecule has 1 atom stereocenters. The van der Waals surface area contributed by atoms with E-state index in [9.17, 15) is 4.79 Å². The molecule has 0 radical (unpaired) electrons. The fourth-order valence-electron chi connectivity index (χ4n) is 3.97. The molecule has 0 aliphatic heterocycles. The van der Waals surface area contributed by atoms with E-state index in [1.165, 1.54) is 57.8 Å². The van der Waals surface area contributed by atoms with Crippen LogP contribution in [0.4, 0.5) is 0 Å². The molecule has 0 bridgehead atoms. The predicted octanol–water partition coefficient (Wildman–Crippen LogP) is 8.57. The van der Waals surface area contributed by atoms with Crippen LogP contribution < -0.4 is 9.47 Å². The van der Waals surface area contributed by atoms with Crippen LogP contribution in [0.15, 0.2) is 36.7 Å². The fraction of sp³-hybridized carbons (Fsp3) is 0.633. The summed E-state index contributed by atoms with van der Waals surface area (Å²) in [5, 5.41) is 0. The smallest absolute Gasteiger partial charge is 0.311 e. The standard InChI is InChI=1S/C30H46N2O3/c1-4-6-7-8-9-10-11-12-15-22-34-27-20-18-26(19-21-27)30-31-23-28(24-32-30)35-29(33)17-14-13-16-25(3)5-2/h18-21,23-25H,4-17,22H2,1-3H3. The normalized spacial score (nSPS) is 11.9. The minimum absolute atomic E-state index is 0.223. The van der Waals surface area contributed by atoms with Crippen molar-refractivity contribution in [2.24, 2.45) is 5.92 Å². The quantitative estimate of drug-likeness (QED) is 0.148. The third kappa shape index (κ3) is 12.7. The van der Waals surface area contributed by atoms with E-state index < -0.39 is 0 Å². The molecule has 0 amide bonds. The zero-order valence-corrected chi connectivity index (χ0v) is 22.3. The molecular weight excluding hydrogens is 436 g/mol. The molecular formula is C30H46N2O3. The summed E-state index contributed by atoms with van der Waals surface area (Å²) in [5.41, 5.74) is 0.906. The molecule has 1 aromatic carbocycles. The molecule has 194 valence electrons. The van der Waals surface area contributed by atoms with Gasteiger partial charge in [0.05, 0.1) is 19.0 Å². The molecule has 5 heteroatoms. The first-order valence-electron chi connectivity index (χ1n) is 13.9. The van der Waals surface area contributed by atoms with Gasteiger partial charge in [0.2, 0.25) is 0 Å². The molecule has 1 heterocycles. The maximum absolute atomic E-state index is 12.0. The maximum Gasteiger partial charge on any atom is 0.311 e. The van der Waals surface area contributed by atoms with Gasteiger partial charge in [-0.1, -0.05) is 91.4 Å². The Kier molecular flexibility index (Phi) is 14.8. The van der Waals surface area contributed by atoms with Gasteiger partial charge in [0.1, 0.15) is 5.75 Å². The zero-order valence-electron chi connectivity index (χ0n) is 22.3. The monoisotopic (exact) mass is 482 g/mol. The summed E-state index contributed by atoms with van der Waals surface area (Å²) in [5.74, 6) is 2.35. The molecule has 1 aromatic heterocycles. The highest BCUT2D eigenvalue weighted by Crippen LogP contribution is 2.21. The first-order valence-corrected chi connectivity index (χ1v) is 13.9. The van der Waals surface area contributed by atoms with E-state index in [1.54, 1.807) is 12.4 Å². The van der Waals surface area contributed by atoms with Crippen molar-refractivity contribution in [3.63, 3.8) is 0 Å². The molecule has 1 unspecified atom stereocenters. The Morgan fingerprint density at radius 2 is 1.43 bits per heavy atom. The van der Waals surface area contributed by atoms with E-state index in [-0.39, 0.29) is 5.97 Å². The van der Waals surface area contributed by atoms with E-state index in [2.05, 4.69) is 30.7 Å². The highest BCUT2D eigenvalue weighted by Gasteiger charge is 2.08. The fourth-order valence-corrected chi connectivity index (χ4v) is 3.97. The second-order valence-electron chi connectivity index (χ2n) is 9.68. The van der Waals surface area contributed by atoms with Crippen molar-refractivity contribution in [1.29, 1.82) is 0 Å². The van der Waals surface area contributed by atoms with Crippen molar-refractivity contribution in [2.45, 2.75) is 111 Å². The summed E-state index contributed by atoms with van der Waals surface area (Å²) in [6, 6.07) is 7.84. The van der Waals surface area contributed by atoms with Gasteiger partial charge in [-0.05, 0) is 43.0 Å². The van der Waals surface area contributed by atoms with Gasteiger partial charge in [-0.15, -0.1) is 0 Å². The number of esters is 1. The van der Waals surface area contributed by atoms with Gasteiger partial charge in [0.25, 0.3) is 0 Å². The molecule has 0 aliphatic carbocycles. The van der Waals surface area contributed by atoms with Crippen molar-refractivity contribution in [3.05, 3.63) is 36.7 Å². The van der Waals surface area contributed by atoms with Crippen LogP contribution in [0.3, 0.4) is 0 Å². The van der Waals surface area contributed by atoms with E-state index in [0.29, 0.717) is 23.9 Å². The largest absolute Gasteiger partial charge is 0.494 e. The number of hydrogen-bond donors (Lipinski definition) is 0. The van der Waals surface area contributed by atoms with Gasteiger partial charge >= 0.3 is 5.97 Å². The average molecular weight is 483 g/mol. The van der Waals surface area contributed by atoms with Crippen molar-refractivity contribution in [3.8, 4) is 22.9 Å². The minimum atomic E-state index is -0.223. The first-order chi connectivity index (χ1) is 17.1. The molecule has 2 aromatic rings. The molecule has 0 N–H and O–H groups in total. The Balaban J connectivity index is 1.63. The van der Waals surface area contributed by atoms with Crippen LogP contribution >= 0.6 is 0 Å². The lowest BCUT2D eigenvalue weighted by molar-refractivity contribution is -0.134. The van der Waals surface area contributed by atoms with Crippen LogP contribution in [-0.4, -0.2) is 22.5 Å². The van der Waals surface area contributed by atoms with Crippen LogP contribution in [0.5, 0.6) is 11.5 Å². The minimum Gasteiger partial charge on any atom is -0.494 e. The molecule has 0 spiro atoms. The predicted molar refractivity (Wildman–Crippen MR) is 144 cm³/mol. The zero-order chi connectivity index (χ0) is 25.1. The number of benzene rings is 1. The van der Waals surface area contributed by atoms with E-state index in [0.717, 1.165) is 43.6 Å². The summed E-state index contributed by atoms with van der Waals surface area (Å²) < 4.78 is 11.3. The van der Waals surface area contributed by atoms with Gasteiger partial charge in [0.15, 0.2) is 11.6 Å². The van der Waals surface area contributed by atoms with Crippen LogP contribution in [0.2, 0.25) is 0 Å². The van der Waals surface area contributed by atoms with Crippen molar-refractivity contribution >= 4 is 5.97 Å². The van der Waals surface area contributed by atoms with Crippen molar-refractivity contribution < 1.29 is 14.3 Å². The van der Waals surface area contributed by atoms with E-state index in [1.807, 2.05) is 24.3 Å². The third-order valence-electron chi connectivity index (χ3n) is 6.51. The highest BCUT2D eigenvalue weighted by atomic mass is 16.5. The molecule has 0 fully saturated rings. The van der Waals surface area contributed by atoms with E-state index >= 15 is 0 Å². The number of unbranched alkanes of at least 4 members (excludes halogenated alkanes) is 9. The molecule has 0 aliphatic rings. The summed E-state index contributed by atoms with van der Waals surface area (Å²) in [7, 11) is 0. The van der Waals surface area contributed by atoms with Gasteiger partial charge in [0, 0.05) is 12.0 Å². The number of nitrogens with zero attached hydrogens (tertiary/aromatic N) is 2. The van der Waals surface area contributed by atoms with Gasteiger partial charge in [-0.2, -0.15) is 0 Å². The Bertz CT molecular complexity index is 805. The van der Waals surface area contributed by atoms with Gasteiger partial charge in [-0.25, -0.2) is 9.97 Å². The summed E-state index contributed by atoms with van der Waals surface area (Å²) in [6.07, 6.45) is 19.6.